The van der Waals surface area contributed by atoms with Gasteiger partial charge in [0.25, 0.3) is 0 Å². The first-order valence-corrected chi connectivity index (χ1v) is 14.5. The fourth-order valence-electron chi connectivity index (χ4n) is 2.98. The van der Waals surface area contributed by atoms with Gasteiger partial charge in [0.15, 0.2) is 0 Å². The number of hydrogen-bond acceptors (Lipinski definition) is 0. The molecule has 0 aliphatic carbocycles. The summed E-state index contributed by atoms with van der Waals surface area (Å²) in [7, 11) is 0. The zero-order chi connectivity index (χ0) is 23.8. The third-order valence-corrected chi connectivity index (χ3v) is 12.5. The second-order valence-corrected chi connectivity index (χ2v) is 16.9. The van der Waals surface area contributed by atoms with Gasteiger partial charge in [-0.05, 0) is 0 Å². The molecule has 1 aromatic rings. The van der Waals surface area contributed by atoms with Crippen LogP contribution in [0, 0.1) is 10.8 Å². The van der Waals surface area contributed by atoms with Crippen LogP contribution in [0.2, 0.25) is 0 Å². The molecule has 2 heteroatoms. The van der Waals surface area contributed by atoms with Crippen molar-refractivity contribution in [2.24, 2.45) is 10.8 Å². The molecule has 0 bridgehead atoms. The van der Waals surface area contributed by atoms with Gasteiger partial charge in [-0.3, -0.25) is 0 Å². The van der Waals surface area contributed by atoms with Gasteiger partial charge in [-0.15, -0.1) is 0 Å². The molecule has 0 atom stereocenters. The first kappa shape index (κ1) is 26.6. The maximum absolute atomic E-state index is 2.45. The Morgan fingerprint density at radius 1 is 0.645 bits per heavy atom. The van der Waals surface area contributed by atoms with Crippen LogP contribution in [-0.4, -0.2) is 20.9 Å². The van der Waals surface area contributed by atoms with Crippen LogP contribution < -0.4 is 0 Å². The van der Waals surface area contributed by atoms with E-state index in [9.17, 15) is 0 Å². The van der Waals surface area contributed by atoms with Crippen molar-refractivity contribution in [3.05, 3.63) is 64.6 Å². The summed E-state index contributed by atoms with van der Waals surface area (Å²) in [6.07, 6.45) is 11.7. The maximum atomic E-state index is 2.45. The van der Waals surface area contributed by atoms with Crippen LogP contribution in [0.15, 0.2) is 49.3 Å². The van der Waals surface area contributed by atoms with Crippen LogP contribution in [-0.2, 0) is 10.8 Å². The molecule has 0 radical (unpaired) electrons. The van der Waals surface area contributed by atoms with Crippen LogP contribution in [0.3, 0.4) is 0 Å². The normalized spacial score (nSPS) is 16.5. The van der Waals surface area contributed by atoms with Gasteiger partial charge in [0.2, 0.25) is 0 Å². The standard InChI is InChI=1S/C29H43STe/c1-26(2,3)22-16-20(17-23(30-22)27(4,5)6)14-13-15-21-18-24(28(7,8)9)31-25(19-21)29(10,11)12/h13-19H,1-12H3/q+1. The van der Waals surface area contributed by atoms with Crippen LogP contribution in [0.25, 0.3) is 6.08 Å². The summed E-state index contributed by atoms with van der Waals surface area (Å²) in [5, 5.41) is 0. The average molecular weight is 551 g/mol. The van der Waals surface area contributed by atoms with E-state index in [1.807, 2.05) is 11.3 Å². The molecule has 0 fully saturated rings. The van der Waals surface area contributed by atoms with Gasteiger partial charge in [-0.25, -0.2) is 0 Å². The predicted molar refractivity (Wildman–Crippen MR) is 144 cm³/mol. The molecular weight excluding hydrogens is 508 g/mol. The van der Waals surface area contributed by atoms with Gasteiger partial charge < -0.3 is 0 Å². The summed E-state index contributed by atoms with van der Waals surface area (Å²) < 4.78 is 3.30. The van der Waals surface area contributed by atoms with Crippen LogP contribution in [0.4, 0.5) is 0 Å². The Labute approximate surface area is 206 Å². The summed E-state index contributed by atoms with van der Waals surface area (Å²) in [6.45, 7) is 28.0. The molecule has 2 heterocycles. The summed E-state index contributed by atoms with van der Waals surface area (Å²) in [5.41, 5.74) is 3.47. The van der Waals surface area contributed by atoms with Crippen LogP contribution in [0.5, 0.6) is 0 Å². The predicted octanol–water partition coefficient (Wildman–Crippen LogP) is 9.14. The fraction of sp³-hybridized carbons (Fsp3) is 0.552. The van der Waals surface area contributed by atoms with Crippen molar-refractivity contribution < 1.29 is 0 Å². The SMILES string of the molecule is CC(C)(C)C1=CC(=CC=Cc2cc(C(C)(C)C)[s+]c(C(C)(C)C)c2)C=C(C(C)(C)C)[Te]1. The minimum atomic E-state index is -0.269. The Morgan fingerprint density at radius 3 is 1.42 bits per heavy atom. The summed E-state index contributed by atoms with van der Waals surface area (Å²) in [5.74, 6) is 0. The van der Waals surface area contributed by atoms with E-state index in [1.165, 1.54) is 20.9 Å². The van der Waals surface area contributed by atoms with E-state index in [-0.39, 0.29) is 42.6 Å². The Hall–Kier alpha value is -0.680. The molecule has 1 aliphatic rings. The molecule has 0 saturated carbocycles. The van der Waals surface area contributed by atoms with Gasteiger partial charge in [-0.2, -0.15) is 0 Å². The van der Waals surface area contributed by atoms with Gasteiger partial charge in [-0.1, -0.05) is 0 Å². The van der Waals surface area contributed by atoms with E-state index in [2.05, 4.69) is 126 Å². The molecule has 0 N–H and O–H groups in total. The Balaban J connectivity index is 2.47. The van der Waals surface area contributed by atoms with Gasteiger partial charge >= 0.3 is 208 Å². The molecular formula is C29H43STe+. The van der Waals surface area contributed by atoms with Crippen molar-refractivity contribution in [2.45, 2.75) is 93.9 Å². The Morgan fingerprint density at radius 2 is 1.06 bits per heavy atom. The first-order valence-electron chi connectivity index (χ1n) is 11.4. The second-order valence-electron chi connectivity index (χ2n) is 12.8. The quantitative estimate of drug-likeness (QED) is 0.254. The van der Waals surface area contributed by atoms with E-state index < -0.39 is 0 Å². The van der Waals surface area contributed by atoms with Gasteiger partial charge in [0.05, 0.1) is 0 Å². The molecule has 31 heavy (non-hydrogen) atoms. The molecule has 2 rings (SSSR count). The van der Waals surface area contributed by atoms with Crippen molar-refractivity contribution in [3.63, 3.8) is 0 Å². The fourth-order valence-corrected chi connectivity index (χ4v) is 7.76. The molecule has 0 aromatic carbocycles. The van der Waals surface area contributed by atoms with Crippen LogP contribution in [0.1, 0.15) is 98.4 Å². The monoisotopic (exact) mass is 553 g/mol. The third kappa shape index (κ3) is 7.70. The topological polar surface area (TPSA) is 0 Å². The van der Waals surface area contributed by atoms with Crippen molar-refractivity contribution >= 4 is 38.3 Å². The molecule has 170 valence electrons. The zero-order valence-corrected chi connectivity index (χ0v) is 25.0. The van der Waals surface area contributed by atoms with Crippen molar-refractivity contribution in [1.82, 2.24) is 0 Å². The van der Waals surface area contributed by atoms with Gasteiger partial charge in [0, 0.05) is 0 Å². The molecule has 0 nitrogen and oxygen atoms in total. The average Bonchev–Trinajstić information content (AvgIpc) is 2.58. The van der Waals surface area contributed by atoms with E-state index in [1.54, 1.807) is 7.24 Å². The summed E-state index contributed by atoms with van der Waals surface area (Å²) in [4.78, 5) is 2.89. The second kappa shape index (κ2) is 9.29. The third-order valence-electron chi connectivity index (χ3n) is 5.17. The van der Waals surface area contributed by atoms with Crippen molar-refractivity contribution in [2.75, 3.05) is 0 Å². The minimum absolute atomic E-state index is 0.162. The molecule has 0 unspecified atom stereocenters. The van der Waals surface area contributed by atoms with Crippen molar-refractivity contribution in [3.8, 4) is 0 Å². The molecule has 1 aromatic heterocycles. The Bertz CT molecular complexity index is 863. The Kier molecular flexibility index (Phi) is 7.96. The number of hydrogen-bond donors (Lipinski definition) is 0. The first-order chi connectivity index (χ1) is 13.9. The molecule has 0 spiro atoms. The van der Waals surface area contributed by atoms with E-state index in [0.717, 1.165) is 0 Å². The summed E-state index contributed by atoms with van der Waals surface area (Å²) >= 11 is 1.69. The van der Waals surface area contributed by atoms with Gasteiger partial charge in [0.1, 0.15) is 0 Å². The zero-order valence-electron chi connectivity index (χ0n) is 21.9. The molecule has 0 amide bonds. The van der Waals surface area contributed by atoms with E-state index in [0.29, 0.717) is 0 Å². The van der Waals surface area contributed by atoms with E-state index in [4.69, 9.17) is 0 Å². The summed E-state index contributed by atoms with van der Waals surface area (Å²) in [6, 6.07) is 4.74. The molecule has 0 saturated heterocycles. The number of rotatable bonds is 2. The molecule has 1 aliphatic heterocycles. The van der Waals surface area contributed by atoms with Crippen molar-refractivity contribution in [1.29, 1.82) is 0 Å². The number of allylic oxidation sites excluding steroid dienone is 7. The van der Waals surface area contributed by atoms with Crippen LogP contribution >= 0.6 is 11.3 Å². The van der Waals surface area contributed by atoms with E-state index >= 15 is 0 Å².